The molecule has 10 rings (SSSR count). The fourth-order valence-electron chi connectivity index (χ4n) is 8.11. The molecular weight excluding hydrogens is 532 g/mol. The summed E-state index contributed by atoms with van der Waals surface area (Å²) in [6, 6.07) is 52.6. The Morgan fingerprint density at radius 3 is 1.95 bits per heavy atom. The van der Waals surface area contributed by atoms with Crippen molar-refractivity contribution in [2.24, 2.45) is 0 Å². The lowest BCUT2D eigenvalue weighted by atomic mass is 9.87. The summed E-state index contributed by atoms with van der Waals surface area (Å²) in [6.07, 6.45) is 0. The van der Waals surface area contributed by atoms with Crippen molar-refractivity contribution in [3.05, 3.63) is 162 Å². The van der Waals surface area contributed by atoms with Gasteiger partial charge in [0, 0.05) is 27.8 Å². The van der Waals surface area contributed by atoms with Crippen molar-refractivity contribution in [3.63, 3.8) is 0 Å². The molecule has 1 unspecified atom stereocenters. The molecule has 0 radical (unpaired) electrons. The van der Waals surface area contributed by atoms with Gasteiger partial charge in [0.2, 0.25) is 0 Å². The first-order valence-corrected chi connectivity index (χ1v) is 15.1. The first-order valence-electron chi connectivity index (χ1n) is 15.1. The third-order valence-corrected chi connectivity index (χ3v) is 9.85. The number of rotatable bonds is 2. The zero-order chi connectivity index (χ0) is 28.9. The fraction of sp³-hybridized carbons (Fsp3) is 0.0238. The molecule has 1 atom stereocenters. The topological polar surface area (TPSA) is 28.7 Å². The fourth-order valence-corrected chi connectivity index (χ4v) is 8.11. The number of nitrogens with zero attached hydrogens (tertiary/aromatic N) is 2. The van der Waals surface area contributed by atoms with Crippen LogP contribution in [0.25, 0.3) is 71.6 Å². The van der Waals surface area contributed by atoms with Crippen LogP contribution in [0.5, 0.6) is 0 Å². The molecule has 0 aliphatic heterocycles. The molecule has 0 spiro atoms. The van der Waals surface area contributed by atoms with Gasteiger partial charge in [-0.3, -0.25) is 0 Å². The van der Waals surface area contributed by atoms with Crippen LogP contribution in [0, 0.1) is 11.3 Å². The van der Waals surface area contributed by atoms with Crippen molar-refractivity contribution >= 4 is 32.6 Å². The summed E-state index contributed by atoms with van der Waals surface area (Å²) >= 11 is 0. The van der Waals surface area contributed by atoms with Crippen LogP contribution in [0.3, 0.4) is 0 Å². The van der Waals surface area contributed by atoms with Gasteiger partial charge in [-0.1, -0.05) is 109 Å². The van der Waals surface area contributed by atoms with Gasteiger partial charge in [0.15, 0.2) is 0 Å². The van der Waals surface area contributed by atoms with Gasteiger partial charge >= 0.3 is 0 Å². The molecule has 0 N–H and O–H groups in total. The third kappa shape index (κ3) is 2.93. The SMILES string of the molecule is N#Cc1ccc(-c2ccc(-n3c4ccccc4c4c5c(c6ccccc6c43)C3c4ccccc4-c4cccc-5c43)cc2)cc1. The Morgan fingerprint density at radius 1 is 0.523 bits per heavy atom. The standard InChI is InChI=1S/C42H24N2/c43-24-25-16-18-26(19-17-25)27-20-22-28(23-21-27)44-36-15-6-5-12-34(36)41-40-35-14-7-13-30-29-8-1-2-9-31(29)38(37(30)35)39(40)32-10-3-4-11-33(32)42(41)44/h1-23,38H. The number of aromatic nitrogens is 1. The lowest BCUT2D eigenvalue weighted by Gasteiger charge is -2.17. The summed E-state index contributed by atoms with van der Waals surface area (Å²) in [7, 11) is 0. The van der Waals surface area contributed by atoms with E-state index in [-0.39, 0.29) is 5.92 Å². The summed E-state index contributed by atoms with van der Waals surface area (Å²) in [4.78, 5) is 0. The van der Waals surface area contributed by atoms with Crippen molar-refractivity contribution < 1.29 is 0 Å². The predicted octanol–water partition coefficient (Wildman–Crippen LogP) is 10.6. The van der Waals surface area contributed by atoms with Crippen molar-refractivity contribution in [2.45, 2.75) is 5.92 Å². The van der Waals surface area contributed by atoms with Crippen LogP contribution in [0.15, 0.2) is 140 Å². The Morgan fingerprint density at radius 2 is 1.16 bits per heavy atom. The average molecular weight is 557 g/mol. The molecule has 1 aromatic heterocycles. The van der Waals surface area contributed by atoms with E-state index < -0.39 is 0 Å². The number of nitriles is 1. The second kappa shape index (κ2) is 8.57. The van der Waals surface area contributed by atoms with E-state index >= 15 is 0 Å². The van der Waals surface area contributed by atoms with Gasteiger partial charge in [-0.2, -0.15) is 5.26 Å². The zero-order valence-electron chi connectivity index (χ0n) is 23.8. The van der Waals surface area contributed by atoms with Crippen LogP contribution in [-0.4, -0.2) is 4.57 Å². The monoisotopic (exact) mass is 556 g/mol. The molecule has 2 aliphatic carbocycles. The summed E-state index contributed by atoms with van der Waals surface area (Å²) in [5.74, 6) is 0.246. The van der Waals surface area contributed by atoms with Crippen molar-refractivity contribution in [3.8, 4) is 45.1 Å². The maximum Gasteiger partial charge on any atom is 0.0991 e. The van der Waals surface area contributed by atoms with Gasteiger partial charge in [-0.25, -0.2) is 0 Å². The molecule has 2 nitrogen and oxygen atoms in total. The van der Waals surface area contributed by atoms with Gasteiger partial charge in [-0.05, 0) is 85.8 Å². The summed E-state index contributed by atoms with van der Waals surface area (Å²) in [5, 5.41) is 14.5. The Balaban J connectivity index is 1.31. The van der Waals surface area contributed by atoms with Crippen molar-refractivity contribution in [2.75, 3.05) is 0 Å². The summed E-state index contributed by atoms with van der Waals surface area (Å²) in [6.45, 7) is 0. The Hall–Kier alpha value is -5.91. The summed E-state index contributed by atoms with van der Waals surface area (Å²) in [5.41, 5.74) is 16.4. The molecular formula is C42H24N2. The van der Waals surface area contributed by atoms with Crippen molar-refractivity contribution in [1.82, 2.24) is 4.57 Å². The molecule has 0 fully saturated rings. The van der Waals surface area contributed by atoms with E-state index in [1.807, 2.05) is 24.3 Å². The van der Waals surface area contributed by atoms with Crippen LogP contribution in [0.1, 0.15) is 28.2 Å². The van der Waals surface area contributed by atoms with Gasteiger partial charge in [0.1, 0.15) is 0 Å². The molecule has 0 amide bonds. The number of fused-ring (bicyclic) bond motifs is 13. The minimum Gasteiger partial charge on any atom is -0.309 e. The normalized spacial score (nSPS) is 14.1. The van der Waals surface area contributed by atoms with Gasteiger partial charge < -0.3 is 4.57 Å². The predicted molar refractivity (Wildman–Crippen MR) is 180 cm³/mol. The minimum absolute atomic E-state index is 0.246. The Labute approximate surface area is 254 Å². The third-order valence-electron chi connectivity index (χ3n) is 9.85. The van der Waals surface area contributed by atoms with E-state index in [4.69, 9.17) is 0 Å². The molecule has 1 heterocycles. The maximum absolute atomic E-state index is 9.22. The van der Waals surface area contributed by atoms with E-state index in [2.05, 4.69) is 126 Å². The first kappa shape index (κ1) is 23.6. The average Bonchev–Trinajstić information content (AvgIpc) is 3.74. The highest BCUT2D eigenvalue weighted by Crippen LogP contribution is 2.61. The van der Waals surface area contributed by atoms with Crippen LogP contribution >= 0.6 is 0 Å². The van der Waals surface area contributed by atoms with Gasteiger partial charge in [0.05, 0.1) is 22.7 Å². The van der Waals surface area contributed by atoms with E-state index in [0.717, 1.165) is 16.8 Å². The highest BCUT2D eigenvalue weighted by atomic mass is 15.0. The lowest BCUT2D eigenvalue weighted by Crippen LogP contribution is -1.99. The minimum atomic E-state index is 0.246. The smallest absolute Gasteiger partial charge is 0.0991 e. The molecule has 2 heteroatoms. The molecule has 2 aliphatic rings. The second-order valence-corrected chi connectivity index (χ2v) is 11.9. The van der Waals surface area contributed by atoms with E-state index in [1.165, 1.54) is 71.5 Å². The van der Waals surface area contributed by atoms with Gasteiger partial charge in [0.25, 0.3) is 0 Å². The molecule has 202 valence electrons. The van der Waals surface area contributed by atoms with E-state index in [0.29, 0.717) is 5.56 Å². The van der Waals surface area contributed by atoms with E-state index in [1.54, 1.807) is 0 Å². The second-order valence-electron chi connectivity index (χ2n) is 11.9. The molecule has 0 saturated heterocycles. The van der Waals surface area contributed by atoms with Crippen LogP contribution in [-0.2, 0) is 0 Å². The first-order chi connectivity index (χ1) is 21.8. The number of para-hydroxylation sites is 1. The van der Waals surface area contributed by atoms with E-state index in [9.17, 15) is 5.26 Å². The van der Waals surface area contributed by atoms with Crippen LogP contribution < -0.4 is 0 Å². The number of hydrogen-bond donors (Lipinski definition) is 0. The molecule has 7 aromatic carbocycles. The highest BCUT2D eigenvalue weighted by molar-refractivity contribution is 6.27. The lowest BCUT2D eigenvalue weighted by molar-refractivity contribution is 1.07. The number of hydrogen-bond acceptors (Lipinski definition) is 1. The summed E-state index contributed by atoms with van der Waals surface area (Å²) < 4.78 is 2.46. The molecule has 8 aromatic rings. The molecule has 0 saturated carbocycles. The van der Waals surface area contributed by atoms with Crippen LogP contribution in [0.2, 0.25) is 0 Å². The van der Waals surface area contributed by atoms with Crippen molar-refractivity contribution in [1.29, 1.82) is 5.26 Å². The van der Waals surface area contributed by atoms with Crippen LogP contribution in [0.4, 0.5) is 0 Å². The number of benzene rings is 7. The molecule has 0 bridgehead atoms. The highest BCUT2D eigenvalue weighted by Gasteiger charge is 2.41. The Kier molecular flexibility index (Phi) is 4.60. The Bertz CT molecular complexity index is 2540. The van der Waals surface area contributed by atoms with Gasteiger partial charge in [-0.15, -0.1) is 0 Å². The largest absolute Gasteiger partial charge is 0.309 e. The quantitative estimate of drug-likeness (QED) is 0.208. The zero-order valence-corrected chi connectivity index (χ0v) is 23.8. The maximum atomic E-state index is 9.22. The molecule has 44 heavy (non-hydrogen) atoms.